The number of ether oxygens (including phenoxy) is 3. The van der Waals surface area contributed by atoms with Crippen LogP contribution < -0.4 is 14.2 Å². The average Bonchev–Trinajstić information content (AvgIpc) is 3.07. The largest absolute Gasteiger partial charge is 0.494 e. The number of aromatic amines is 1. The van der Waals surface area contributed by atoms with Crippen molar-refractivity contribution in [2.24, 2.45) is 5.10 Å². The third kappa shape index (κ3) is 4.17. The van der Waals surface area contributed by atoms with E-state index >= 15 is 0 Å². The van der Waals surface area contributed by atoms with Crippen molar-refractivity contribution in [3.8, 4) is 28.6 Å². The van der Waals surface area contributed by atoms with Gasteiger partial charge in [0, 0.05) is 5.56 Å². The Morgan fingerprint density at radius 2 is 1.85 bits per heavy atom. The molecule has 0 atom stereocenters. The molecule has 1 aromatic heterocycles. The van der Waals surface area contributed by atoms with E-state index in [-0.39, 0.29) is 0 Å². The van der Waals surface area contributed by atoms with Crippen LogP contribution in [0.15, 0.2) is 47.6 Å². The lowest BCUT2D eigenvalue weighted by Gasteiger charge is -2.09. The molecule has 7 nitrogen and oxygen atoms in total. The minimum absolute atomic E-state index is 0.391. The summed E-state index contributed by atoms with van der Waals surface area (Å²) in [4.78, 5) is 0. The molecule has 0 unspecified atom stereocenters. The van der Waals surface area contributed by atoms with Gasteiger partial charge in [-0.15, -0.1) is 0 Å². The number of aromatic nitrogens is 3. The first-order valence-electron chi connectivity index (χ1n) is 8.33. The van der Waals surface area contributed by atoms with E-state index in [1.165, 1.54) is 0 Å². The zero-order valence-electron chi connectivity index (χ0n) is 15.3. The number of hydrogen-bond donors (Lipinski definition) is 1. The Bertz CT molecular complexity index is 993. The van der Waals surface area contributed by atoms with Crippen LogP contribution in [0.2, 0.25) is 0 Å². The number of nitrogens with one attached hydrogen (secondary N) is 1. The van der Waals surface area contributed by atoms with E-state index in [1.54, 1.807) is 25.1 Å². The molecule has 0 fully saturated rings. The van der Waals surface area contributed by atoms with Crippen molar-refractivity contribution in [1.82, 2.24) is 14.9 Å². The number of methoxy groups -OCH3 is 2. The number of rotatable bonds is 7. The second-order valence-corrected chi connectivity index (χ2v) is 5.87. The van der Waals surface area contributed by atoms with Gasteiger partial charge in [0.1, 0.15) is 5.75 Å². The second-order valence-electron chi connectivity index (χ2n) is 5.48. The van der Waals surface area contributed by atoms with E-state index in [0.29, 0.717) is 28.7 Å². The quantitative estimate of drug-likeness (QED) is 0.494. The van der Waals surface area contributed by atoms with E-state index in [9.17, 15) is 0 Å². The highest BCUT2D eigenvalue weighted by Gasteiger charge is 2.12. The van der Waals surface area contributed by atoms with E-state index in [1.807, 2.05) is 49.4 Å². The maximum absolute atomic E-state index is 5.44. The van der Waals surface area contributed by atoms with Crippen LogP contribution in [-0.2, 0) is 0 Å². The Morgan fingerprint density at radius 3 is 2.52 bits per heavy atom. The summed E-state index contributed by atoms with van der Waals surface area (Å²) >= 11 is 5.31. The molecule has 1 N–H and O–H groups in total. The lowest BCUT2D eigenvalue weighted by molar-refractivity contribution is 0.340. The van der Waals surface area contributed by atoms with Crippen LogP contribution in [0.3, 0.4) is 0 Å². The van der Waals surface area contributed by atoms with Gasteiger partial charge in [-0.25, -0.2) is 5.10 Å². The molecule has 0 aliphatic rings. The first-order valence-corrected chi connectivity index (χ1v) is 8.74. The highest BCUT2D eigenvalue weighted by molar-refractivity contribution is 7.71. The lowest BCUT2D eigenvalue weighted by atomic mass is 10.2. The highest BCUT2D eigenvalue weighted by Crippen LogP contribution is 2.31. The number of nitrogens with zero attached hydrogens (tertiary/aromatic N) is 3. The van der Waals surface area contributed by atoms with Crippen molar-refractivity contribution in [2.45, 2.75) is 6.92 Å². The third-order valence-electron chi connectivity index (χ3n) is 3.81. The van der Waals surface area contributed by atoms with Crippen LogP contribution >= 0.6 is 12.2 Å². The lowest BCUT2D eigenvalue weighted by Crippen LogP contribution is -1.97. The predicted octanol–water partition coefficient (Wildman–Crippen LogP) is 3.91. The van der Waals surface area contributed by atoms with E-state index in [2.05, 4.69) is 15.3 Å². The smallest absolute Gasteiger partial charge is 0.216 e. The van der Waals surface area contributed by atoms with Crippen molar-refractivity contribution in [1.29, 1.82) is 0 Å². The molecule has 8 heteroatoms. The number of hydrogen-bond acceptors (Lipinski definition) is 6. The van der Waals surface area contributed by atoms with Crippen LogP contribution in [0, 0.1) is 4.77 Å². The van der Waals surface area contributed by atoms with E-state index in [0.717, 1.165) is 16.9 Å². The van der Waals surface area contributed by atoms with Crippen molar-refractivity contribution in [2.75, 3.05) is 20.8 Å². The fourth-order valence-electron chi connectivity index (χ4n) is 2.50. The molecule has 1 heterocycles. The molecule has 0 amide bonds. The van der Waals surface area contributed by atoms with Gasteiger partial charge < -0.3 is 14.2 Å². The van der Waals surface area contributed by atoms with Crippen molar-refractivity contribution in [3.05, 3.63) is 52.8 Å². The Morgan fingerprint density at radius 1 is 1.11 bits per heavy atom. The van der Waals surface area contributed by atoms with E-state index in [4.69, 9.17) is 26.4 Å². The summed E-state index contributed by atoms with van der Waals surface area (Å²) in [7, 11) is 3.18. The standard InChI is InChI=1S/C19H20N4O3S/c1-4-26-15-8-5-13(6-9-15)12-20-23-18(21-22-19(23)27)14-7-10-16(24-2)17(11-14)25-3/h5-12H,4H2,1-3H3,(H,22,27)/b20-12+. The molecule has 0 aliphatic carbocycles. The van der Waals surface area contributed by atoms with Crippen molar-refractivity contribution < 1.29 is 14.2 Å². The summed E-state index contributed by atoms with van der Waals surface area (Å²) in [5, 5.41) is 11.5. The first kappa shape index (κ1) is 18.7. The molecule has 0 saturated carbocycles. The highest BCUT2D eigenvalue weighted by atomic mass is 32.1. The molecule has 3 aromatic rings. The molecule has 0 spiro atoms. The Hall–Kier alpha value is -3.13. The summed E-state index contributed by atoms with van der Waals surface area (Å²) in [5.74, 6) is 2.63. The SMILES string of the molecule is CCOc1ccc(/C=N/n2c(-c3ccc(OC)c(OC)c3)n[nH]c2=S)cc1. The zero-order valence-corrected chi connectivity index (χ0v) is 16.1. The maximum Gasteiger partial charge on any atom is 0.216 e. The molecule has 0 radical (unpaired) electrons. The number of benzene rings is 2. The van der Waals surface area contributed by atoms with Gasteiger partial charge in [0.15, 0.2) is 17.3 Å². The predicted molar refractivity (Wildman–Crippen MR) is 107 cm³/mol. The first-order chi connectivity index (χ1) is 13.2. The van der Waals surface area contributed by atoms with E-state index < -0.39 is 0 Å². The maximum atomic E-state index is 5.44. The van der Waals surface area contributed by atoms with Gasteiger partial charge in [0.25, 0.3) is 0 Å². The van der Waals surface area contributed by atoms with Gasteiger partial charge in [-0.2, -0.15) is 14.9 Å². The molecule has 0 bridgehead atoms. The minimum atomic E-state index is 0.391. The third-order valence-corrected chi connectivity index (χ3v) is 4.07. The fourth-order valence-corrected chi connectivity index (χ4v) is 2.68. The van der Waals surface area contributed by atoms with Crippen molar-refractivity contribution in [3.63, 3.8) is 0 Å². The van der Waals surface area contributed by atoms with Gasteiger partial charge >= 0.3 is 0 Å². The molecule has 0 saturated heterocycles. The second kappa shape index (κ2) is 8.50. The van der Waals surface area contributed by atoms with Gasteiger partial charge in [-0.1, -0.05) is 0 Å². The summed E-state index contributed by atoms with van der Waals surface area (Å²) in [5.41, 5.74) is 1.71. The van der Waals surface area contributed by atoms with Gasteiger partial charge in [-0.3, -0.25) is 0 Å². The molecule has 2 aromatic carbocycles. The molecular weight excluding hydrogens is 364 g/mol. The topological polar surface area (TPSA) is 73.7 Å². The van der Waals surface area contributed by atoms with Gasteiger partial charge in [0.2, 0.25) is 4.77 Å². The van der Waals surface area contributed by atoms with Gasteiger partial charge in [-0.05, 0) is 67.2 Å². The van der Waals surface area contributed by atoms with Crippen molar-refractivity contribution >= 4 is 18.4 Å². The molecule has 27 heavy (non-hydrogen) atoms. The minimum Gasteiger partial charge on any atom is -0.494 e. The normalized spacial score (nSPS) is 10.9. The summed E-state index contributed by atoms with van der Waals surface area (Å²) in [6.45, 7) is 2.58. The van der Waals surface area contributed by atoms with Crippen LogP contribution in [0.5, 0.6) is 17.2 Å². The summed E-state index contributed by atoms with van der Waals surface area (Å²) < 4.78 is 18.0. The monoisotopic (exact) mass is 384 g/mol. The Kier molecular flexibility index (Phi) is 5.87. The van der Waals surface area contributed by atoms with Gasteiger partial charge in [0.05, 0.1) is 27.0 Å². The molecular formula is C19H20N4O3S. The Labute approximate surface area is 162 Å². The number of H-pyrrole nitrogens is 1. The van der Waals surface area contributed by atoms with Crippen LogP contribution in [0.4, 0.5) is 0 Å². The van der Waals surface area contributed by atoms with Crippen LogP contribution in [0.25, 0.3) is 11.4 Å². The summed E-state index contributed by atoms with van der Waals surface area (Å²) in [6.07, 6.45) is 1.71. The summed E-state index contributed by atoms with van der Waals surface area (Å²) in [6, 6.07) is 13.2. The van der Waals surface area contributed by atoms with Crippen LogP contribution in [-0.4, -0.2) is 41.9 Å². The molecule has 0 aliphatic heterocycles. The average molecular weight is 384 g/mol. The molecule has 140 valence electrons. The fraction of sp³-hybridized carbons (Fsp3) is 0.211. The Balaban J connectivity index is 1.92. The van der Waals surface area contributed by atoms with Crippen LogP contribution in [0.1, 0.15) is 12.5 Å². The molecule has 3 rings (SSSR count). The zero-order chi connectivity index (χ0) is 19.2.